The van der Waals surface area contributed by atoms with Crippen LogP contribution in [0.2, 0.25) is 0 Å². The van der Waals surface area contributed by atoms with Crippen molar-refractivity contribution < 1.29 is 4.42 Å². The van der Waals surface area contributed by atoms with Crippen LogP contribution in [0.4, 0.5) is 0 Å². The number of fused-ring (bicyclic) bond motifs is 1. The van der Waals surface area contributed by atoms with E-state index in [1.54, 1.807) is 0 Å². The van der Waals surface area contributed by atoms with E-state index in [2.05, 4.69) is 17.6 Å². The molecule has 0 aliphatic rings. The molecule has 116 valence electrons. The minimum absolute atomic E-state index is 0.189. The van der Waals surface area contributed by atoms with Crippen molar-refractivity contribution in [3.63, 3.8) is 0 Å². The molecule has 0 amide bonds. The molecule has 3 heteroatoms. The lowest BCUT2D eigenvalue weighted by Gasteiger charge is -2.07. The Hall–Kier alpha value is -2.32. The highest BCUT2D eigenvalue weighted by atomic mass is 35.5. The summed E-state index contributed by atoms with van der Waals surface area (Å²) in [6.45, 7) is 8.01. The van der Waals surface area contributed by atoms with Crippen molar-refractivity contribution in [3.8, 4) is 0 Å². The Morgan fingerprint density at radius 2 is 1.74 bits per heavy atom. The second-order valence-electron chi connectivity index (χ2n) is 5.54. The number of halogens is 1. The van der Waals surface area contributed by atoms with Gasteiger partial charge < -0.3 is 4.42 Å². The number of para-hydroxylation sites is 1. The first-order valence-electron chi connectivity index (χ1n) is 7.47. The molecule has 3 aromatic rings. The normalized spacial score (nSPS) is 11.9. The van der Waals surface area contributed by atoms with E-state index in [9.17, 15) is 0 Å². The molecule has 2 aromatic carbocycles. The fourth-order valence-corrected chi connectivity index (χ4v) is 2.79. The summed E-state index contributed by atoms with van der Waals surface area (Å²) in [5.74, 6) is 0.773. The topological polar surface area (TPSA) is 25.5 Å². The Bertz CT molecular complexity index is 888. The van der Waals surface area contributed by atoms with Crippen LogP contribution in [0.3, 0.4) is 0 Å². The predicted octanol–water partition coefficient (Wildman–Crippen LogP) is 5.81. The maximum absolute atomic E-state index is 6.04. The molecular formula is C20H18ClNO. The van der Waals surface area contributed by atoms with E-state index in [1.165, 1.54) is 0 Å². The lowest BCUT2D eigenvalue weighted by Crippen LogP contribution is -2.04. The van der Waals surface area contributed by atoms with Gasteiger partial charge in [-0.3, -0.25) is 4.99 Å². The van der Waals surface area contributed by atoms with Gasteiger partial charge in [0.15, 0.2) is 5.76 Å². The molecule has 0 fully saturated rings. The second kappa shape index (κ2) is 6.43. The van der Waals surface area contributed by atoms with Crippen molar-refractivity contribution in [1.29, 1.82) is 0 Å². The molecular weight excluding hydrogens is 306 g/mol. The first-order valence-corrected chi connectivity index (χ1v) is 8.00. The number of benzene rings is 2. The van der Waals surface area contributed by atoms with Gasteiger partial charge in [-0.1, -0.05) is 54.6 Å². The summed E-state index contributed by atoms with van der Waals surface area (Å²) in [5, 5.41) is 1.10. The van der Waals surface area contributed by atoms with E-state index in [0.29, 0.717) is 0 Å². The predicted molar refractivity (Wildman–Crippen MR) is 98.5 cm³/mol. The van der Waals surface area contributed by atoms with Crippen molar-refractivity contribution in [2.45, 2.75) is 13.8 Å². The smallest absolute Gasteiger partial charge is 0.156 e. The number of nitrogens with zero attached hydrogens (tertiary/aromatic N) is 1. The van der Waals surface area contributed by atoms with Gasteiger partial charge in [0, 0.05) is 16.5 Å². The standard InChI is InChI=1S/C20H18ClNO/c1-13(2)15-8-10-16(11-9-15)19(22-12-21)20-14(3)17-6-4-5-7-18(17)23-20/h4-11H,1,12H2,2-3H3/b22-19-. The van der Waals surface area contributed by atoms with Crippen LogP contribution in [0.15, 0.2) is 64.5 Å². The Morgan fingerprint density at radius 1 is 1.09 bits per heavy atom. The summed E-state index contributed by atoms with van der Waals surface area (Å²) in [6, 6.07) is 16.3. The number of allylic oxidation sites excluding steroid dienone is 1. The number of aryl methyl sites for hydroxylation is 1. The lowest BCUT2D eigenvalue weighted by atomic mass is 10.0. The van der Waals surface area contributed by atoms with E-state index in [-0.39, 0.29) is 6.00 Å². The first-order chi connectivity index (χ1) is 11.1. The third kappa shape index (κ3) is 2.95. The van der Waals surface area contributed by atoms with Gasteiger partial charge in [0.2, 0.25) is 0 Å². The van der Waals surface area contributed by atoms with Crippen molar-refractivity contribution >= 4 is 33.9 Å². The van der Waals surface area contributed by atoms with Crippen LogP contribution in [0.25, 0.3) is 16.5 Å². The minimum Gasteiger partial charge on any atom is -0.454 e. The number of alkyl halides is 1. The maximum Gasteiger partial charge on any atom is 0.156 e. The molecule has 1 aromatic heterocycles. The SMILES string of the molecule is C=C(C)c1ccc(/C(=N/CCl)c2oc3ccccc3c2C)cc1. The zero-order valence-electron chi connectivity index (χ0n) is 13.3. The van der Waals surface area contributed by atoms with Crippen LogP contribution >= 0.6 is 11.6 Å². The average Bonchev–Trinajstić information content (AvgIpc) is 2.90. The number of rotatable bonds is 4. The van der Waals surface area contributed by atoms with Gasteiger partial charge in [-0.15, -0.1) is 11.6 Å². The molecule has 23 heavy (non-hydrogen) atoms. The van der Waals surface area contributed by atoms with E-state index >= 15 is 0 Å². The van der Waals surface area contributed by atoms with Crippen molar-refractivity contribution in [2.75, 3.05) is 6.00 Å². The summed E-state index contributed by atoms with van der Waals surface area (Å²) >= 11 is 5.89. The molecule has 1 heterocycles. The maximum atomic E-state index is 6.04. The molecule has 2 nitrogen and oxygen atoms in total. The first kappa shape index (κ1) is 15.6. The fourth-order valence-electron chi connectivity index (χ4n) is 2.67. The van der Waals surface area contributed by atoms with Gasteiger partial charge in [0.1, 0.15) is 17.3 Å². The van der Waals surface area contributed by atoms with Crippen LogP contribution in [0.1, 0.15) is 29.4 Å². The summed E-state index contributed by atoms with van der Waals surface area (Å²) in [4.78, 5) is 4.46. The molecule has 3 rings (SSSR count). The van der Waals surface area contributed by atoms with Crippen LogP contribution in [0, 0.1) is 6.92 Å². The molecule has 0 spiro atoms. The molecule has 0 N–H and O–H groups in total. The zero-order valence-corrected chi connectivity index (χ0v) is 14.0. The van der Waals surface area contributed by atoms with Gasteiger partial charge in [0.05, 0.1) is 0 Å². The van der Waals surface area contributed by atoms with Crippen molar-refractivity contribution in [1.82, 2.24) is 0 Å². The number of hydrogen-bond donors (Lipinski definition) is 0. The molecule has 0 saturated heterocycles. The largest absolute Gasteiger partial charge is 0.454 e. The lowest BCUT2D eigenvalue weighted by molar-refractivity contribution is 0.602. The highest BCUT2D eigenvalue weighted by molar-refractivity contribution is 6.20. The summed E-state index contributed by atoms with van der Waals surface area (Å²) in [6.07, 6.45) is 0. The molecule has 0 aliphatic heterocycles. The highest BCUT2D eigenvalue weighted by Crippen LogP contribution is 2.27. The molecule has 0 bridgehead atoms. The fraction of sp³-hybridized carbons (Fsp3) is 0.150. The Kier molecular flexibility index (Phi) is 4.35. The summed E-state index contributed by atoms with van der Waals surface area (Å²) < 4.78 is 6.04. The Morgan fingerprint density at radius 3 is 2.35 bits per heavy atom. The van der Waals surface area contributed by atoms with E-state index in [4.69, 9.17) is 16.0 Å². The van der Waals surface area contributed by atoms with Gasteiger partial charge in [-0.2, -0.15) is 0 Å². The van der Waals surface area contributed by atoms with Crippen LogP contribution in [-0.2, 0) is 0 Å². The van der Waals surface area contributed by atoms with Gasteiger partial charge in [-0.25, -0.2) is 0 Å². The average molecular weight is 324 g/mol. The molecule has 0 aliphatic carbocycles. The number of furan rings is 1. The van der Waals surface area contributed by atoms with Gasteiger partial charge in [-0.05, 0) is 25.5 Å². The molecule has 0 unspecified atom stereocenters. The van der Waals surface area contributed by atoms with E-state index < -0.39 is 0 Å². The van der Waals surface area contributed by atoms with Gasteiger partial charge in [0.25, 0.3) is 0 Å². The van der Waals surface area contributed by atoms with E-state index in [0.717, 1.165) is 44.7 Å². The number of hydrogen-bond acceptors (Lipinski definition) is 2. The quantitative estimate of drug-likeness (QED) is 0.338. The van der Waals surface area contributed by atoms with Crippen LogP contribution in [0.5, 0.6) is 0 Å². The van der Waals surface area contributed by atoms with Crippen LogP contribution < -0.4 is 0 Å². The minimum atomic E-state index is 0.189. The summed E-state index contributed by atoms with van der Waals surface area (Å²) in [7, 11) is 0. The monoisotopic (exact) mass is 323 g/mol. The van der Waals surface area contributed by atoms with Crippen molar-refractivity contribution in [3.05, 3.63) is 77.6 Å². The van der Waals surface area contributed by atoms with E-state index in [1.807, 2.05) is 56.3 Å². The third-order valence-corrected chi connectivity index (χ3v) is 4.05. The molecule has 0 atom stereocenters. The Balaban J connectivity index is 2.13. The molecule has 0 saturated carbocycles. The second-order valence-corrected chi connectivity index (χ2v) is 5.78. The Labute approximate surface area is 141 Å². The zero-order chi connectivity index (χ0) is 16.4. The molecule has 0 radical (unpaired) electrons. The van der Waals surface area contributed by atoms with Gasteiger partial charge >= 0.3 is 0 Å². The van der Waals surface area contributed by atoms with Crippen LogP contribution in [-0.4, -0.2) is 11.7 Å². The highest BCUT2D eigenvalue weighted by Gasteiger charge is 2.17. The summed E-state index contributed by atoms with van der Waals surface area (Å²) in [5.41, 5.74) is 5.85. The third-order valence-electron chi connectivity index (χ3n) is 3.93. The number of aliphatic imine (C=N–C) groups is 1. The van der Waals surface area contributed by atoms with Crippen molar-refractivity contribution in [2.24, 2.45) is 4.99 Å².